The lowest BCUT2D eigenvalue weighted by molar-refractivity contribution is 0.0931. The minimum atomic E-state index is -0.892. The molecule has 0 radical (unpaired) electrons. The van der Waals surface area contributed by atoms with E-state index in [1.54, 1.807) is 32.0 Å². The van der Waals surface area contributed by atoms with Gasteiger partial charge in [0.2, 0.25) is 0 Å². The Kier molecular flexibility index (Phi) is 2.77. The first-order valence-electron chi connectivity index (χ1n) is 4.98. The van der Waals surface area contributed by atoms with Gasteiger partial charge in [-0.2, -0.15) is 5.26 Å². The number of carbonyl (C=O) groups is 1. The summed E-state index contributed by atoms with van der Waals surface area (Å²) in [7, 11) is 0. The standard InChI is InChI=1S/C11H10N4OS/c1-11(2,6-12)13-10(16)7-4-3-5-8-9(7)17-15-14-8/h3-5H,1-2H3,(H,13,16). The fourth-order valence-corrected chi connectivity index (χ4v) is 2.03. The van der Waals surface area contributed by atoms with Crippen LogP contribution in [-0.4, -0.2) is 21.0 Å². The van der Waals surface area contributed by atoms with Crippen LogP contribution in [0.4, 0.5) is 0 Å². The number of fused-ring (bicyclic) bond motifs is 1. The molecule has 0 spiro atoms. The zero-order valence-electron chi connectivity index (χ0n) is 9.39. The number of hydrogen-bond donors (Lipinski definition) is 1. The Morgan fingerprint density at radius 3 is 3.00 bits per heavy atom. The van der Waals surface area contributed by atoms with E-state index in [0.717, 1.165) is 4.70 Å². The van der Waals surface area contributed by atoms with Crippen molar-refractivity contribution in [3.63, 3.8) is 0 Å². The van der Waals surface area contributed by atoms with Gasteiger partial charge in [0.15, 0.2) is 0 Å². The summed E-state index contributed by atoms with van der Waals surface area (Å²) in [5.41, 5.74) is 0.301. The first kappa shape index (κ1) is 11.5. The topological polar surface area (TPSA) is 78.7 Å². The van der Waals surface area contributed by atoms with Crippen LogP contribution in [0.15, 0.2) is 18.2 Å². The number of benzene rings is 1. The number of nitriles is 1. The number of aromatic nitrogens is 2. The minimum Gasteiger partial charge on any atom is -0.334 e. The molecule has 6 heteroatoms. The predicted molar refractivity (Wildman–Crippen MR) is 64.6 cm³/mol. The summed E-state index contributed by atoms with van der Waals surface area (Å²) in [6.07, 6.45) is 0. The van der Waals surface area contributed by atoms with Crippen LogP contribution >= 0.6 is 11.5 Å². The van der Waals surface area contributed by atoms with Gasteiger partial charge in [0.1, 0.15) is 11.1 Å². The van der Waals surface area contributed by atoms with E-state index in [4.69, 9.17) is 5.26 Å². The molecule has 86 valence electrons. The second-order valence-corrected chi connectivity index (χ2v) is 4.87. The maximum Gasteiger partial charge on any atom is 0.254 e. The Labute approximate surface area is 102 Å². The Morgan fingerprint density at radius 1 is 1.53 bits per heavy atom. The summed E-state index contributed by atoms with van der Waals surface area (Å²) in [6, 6.07) is 7.27. The van der Waals surface area contributed by atoms with Gasteiger partial charge >= 0.3 is 0 Å². The number of rotatable bonds is 2. The SMILES string of the molecule is CC(C)(C#N)NC(=O)c1cccc2nnsc12. The summed E-state index contributed by atoms with van der Waals surface area (Å²) >= 11 is 1.17. The van der Waals surface area contributed by atoms with Gasteiger partial charge in [-0.25, -0.2) is 0 Å². The molecule has 0 unspecified atom stereocenters. The van der Waals surface area contributed by atoms with Gasteiger partial charge in [-0.15, -0.1) is 5.10 Å². The lowest BCUT2D eigenvalue weighted by Crippen LogP contribution is -2.42. The van der Waals surface area contributed by atoms with Crippen molar-refractivity contribution in [2.24, 2.45) is 0 Å². The van der Waals surface area contributed by atoms with Gasteiger partial charge in [-0.05, 0) is 37.5 Å². The first-order valence-corrected chi connectivity index (χ1v) is 5.76. The van der Waals surface area contributed by atoms with Crippen LogP contribution in [0.5, 0.6) is 0 Å². The van der Waals surface area contributed by atoms with E-state index in [0.29, 0.717) is 11.1 Å². The predicted octanol–water partition coefficient (Wildman–Crippen LogP) is 1.72. The van der Waals surface area contributed by atoms with Crippen molar-refractivity contribution in [1.29, 1.82) is 5.26 Å². The third-order valence-corrected chi connectivity index (χ3v) is 3.00. The molecule has 2 aromatic rings. The van der Waals surface area contributed by atoms with E-state index in [-0.39, 0.29) is 5.91 Å². The van der Waals surface area contributed by atoms with E-state index in [9.17, 15) is 4.79 Å². The van der Waals surface area contributed by atoms with E-state index in [1.807, 2.05) is 6.07 Å². The monoisotopic (exact) mass is 246 g/mol. The molecule has 1 heterocycles. The van der Waals surface area contributed by atoms with Gasteiger partial charge in [0.25, 0.3) is 5.91 Å². The molecule has 0 aliphatic heterocycles. The summed E-state index contributed by atoms with van der Waals surface area (Å²) < 4.78 is 4.54. The molecule has 0 aliphatic carbocycles. The molecule has 0 fully saturated rings. The zero-order chi connectivity index (χ0) is 12.5. The molecule has 17 heavy (non-hydrogen) atoms. The van der Waals surface area contributed by atoms with E-state index < -0.39 is 5.54 Å². The van der Waals surface area contributed by atoms with E-state index in [2.05, 4.69) is 14.9 Å². The van der Waals surface area contributed by atoms with E-state index >= 15 is 0 Å². The van der Waals surface area contributed by atoms with Crippen molar-refractivity contribution in [2.75, 3.05) is 0 Å². The molecule has 0 atom stereocenters. The largest absolute Gasteiger partial charge is 0.334 e. The Balaban J connectivity index is 2.38. The van der Waals surface area contributed by atoms with Gasteiger partial charge in [-0.1, -0.05) is 10.6 Å². The number of nitrogens with one attached hydrogen (secondary N) is 1. The van der Waals surface area contributed by atoms with Crippen LogP contribution in [0.2, 0.25) is 0 Å². The molecule has 1 aromatic heterocycles. The van der Waals surface area contributed by atoms with Gasteiger partial charge in [0, 0.05) is 0 Å². The highest BCUT2D eigenvalue weighted by Crippen LogP contribution is 2.20. The Morgan fingerprint density at radius 2 is 2.29 bits per heavy atom. The van der Waals surface area contributed by atoms with Crippen LogP contribution in [0.25, 0.3) is 10.2 Å². The molecule has 5 nitrogen and oxygen atoms in total. The lowest BCUT2D eigenvalue weighted by atomic mass is 10.1. The summed E-state index contributed by atoms with van der Waals surface area (Å²) in [6.45, 7) is 3.30. The lowest BCUT2D eigenvalue weighted by Gasteiger charge is -2.17. The molecule has 1 aromatic carbocycles. The van der Waals surface area contributed by atoms with Gasteiger partial charge in [-0.3, -0.25) is 4.79 Å². The summed E-state index contributed by atoms with van der Waals surface area (Å²) in [4.78, 5) is 12.0. The molecule has 1 amide bonds. The fraction of sp³-hybridized carbons (Fsp3) is 0.273. The zero-order valence-corrected chi connectivity index (χ0v) is 10.2. The van der Waals surface area contributed by atoms with Crippen LogP contribution < -0.4 is 5.32 Å². The molecule has 0 saturated heterocycles. The van der Waals surface area contributed by atoms with E-state index in [1.165, 1.54) is 11.5 Å². The molecule has 1 N–H and O–H groups in total. The minimum absolute atomic E-state index is 0.284. The number of amides is 1. The highest BCUT2D eigenvalue weighted by atomic mass is 32.1. The van der Waals surface area contributed by atoms with Crippen molar-refractivity contribution in [3.8, 4) is 6.07 Å². The van der Waals surface area contributed by atoms with Gasteiger partial charge in [0.05, 0.1) is 16.3 Å². The molecular weight excluding hydrogens is 236 g/mol. The van der Waals surface area contributed by atoms with Crippen molar-refractivity contribution in [3.05, 3.63) is 23.8 Å². The average Bonchev–Trinajstić information content (AvgIpc) is 2.76. The molecule has 2 rings (SSSR count). The number of nitrogens with zero attached hydrogens (tertiary/aromatic N) is 3. The Bertz CT molecular complexity index is 611. The highest BCUT2D eigenvalue weighted by molar-refractivity contribution is 7.13. The van der Waals surface area contributed by atoms with Crippen molar-refractivity contribution in [1.82, 2.24) is 14.9 Å². The smallest absolute Gasteiger partial charge is 0.254 e. The molecule has 0 saturated carbocycles. The fourth-order valence-electron chi connectivity index (χ4n) is 1.36. The second kappa shape index (κ2) is 4.11. The molecule has 0 bridgehead atoms. The number of carbonyl (C=O) groups excluding carboxylic acids is 1. The van der Waals surface area contributed by atoms with Crippen molar-refractivity contribution in [2.45, 2.75) is 19.4 Å². The Hall–Kier alpha value is -2.00. The van der Waals surface area contributed by atoms with Crippen LogP contribution in [-0.2, 0) is 0 Å². The quantitative estimate of drug-likeness (QED) is 0.875. The summed E-state index contributed by atoms with van der Waals surface area (Å²) in [5, 5.41) is 15.4. The van der Waals surface area contributed by atoms with Crippen LogP contribution in [0.1, 0.15) is 24.2 Å². The third kappa shape index (κ3) is 2.24. The highest BCUT2D eigenvalue weighted by Gasteiger charge is 2.22. The first-order chi connectivity index (χ1) is 8.03. The van der Waals surface area contributed by atoms with Crippen molar-refractivity contribution >= 4 is 27.7 Å². The number of hydrogen-bond acceptors (Lipinski definition) is 5. The third-order valence-electron chi connectivity index (χ3n) is 2.23. The second-order valence-electron chi connectivity index (χ2n) is 4.12. The van der Waals surface area contributed by atoms with Crippen molar-refractivity contribution < 1.29 is 4.79 Å². The normalized spacial score (nSPS) is 11.1. The van der Waals surface area contributed by atoms with Gasteiger partial charge < -0.3 is 5.32 Å². The van der Waals surface area contributed by atoms with Crippen LogP contribution in [0, 0.1) is 11.3 Å². The molecular formula is C11H10N4OS. The maximum absolute atomic E-state index is 12.0. The maximum atomic E-state index is 12.0. The summed E-state index contributed by atoms with van der Waals surface area (Å²) in [5.74, 6) is -0.284. The molecule has 0 aliphatic rings. The average molecular weight is 246 g/mol. The van der Waals surface area contributed by atoms with Crippen LogP contribution in [0.3, 0.4) is 0 Å².